The van der Waals surface area contributed by atoms with Crippen molar-refractivity contribution in [3.8, 4) is 0 Å². The molecule has 0 fully saturated rings. The van der Waals surface area contributed by atoms with Gasteiger partial charge in [-0.2, -0.15) is 13.2 Å². The summed E-state index contributed by atoms with van der Waals surface area (Å²) in [7, 11) is 13.1. The Balaban J connectivity index is 0.000000296. The van der Waals surface area contributed by atoms with Gasteiger partial charge in [0.2, 0.25) is 0 Å². The van der Waals surface area contributed by atoms with Crippen LogP contribution in [0.4, 0.5) is 29.6 Å². The number of hydrogen-bond donors (Lipinski definition) is 4. The molecule has 0 radical (unpaired) electrons. The fraction of sp³-hybridized carbons (Fsp3) is 0.657. The average Bonchev–Trinajstić information content (AvgIpc) is 3.68. The number of imidazole rings is 2. The monoisotopic (exact) mass is 780 g/mol. The number of halogens is 3. The smallest absolute Gasteiger partial charge is 0.444 e. The number of rotatable bonds is 18. The molecule has 2 amide bonds. The van der Waals surface area contributed by atoms with Crippen molar-refractivity contribution in [1.29, 1.82) is 0 Å². The maximum absolute atomic E-state index is 12.1. The highest BCUT2D eigenvalue weighted by Crippen LogP contribution is 2.19. The minimum Gasteiger partial charge on any atom is -0.444 e. The van der Waals surface area contributed by atoms with Gasteiger partial charge in [-0.05, 0) is 46.5 Å². The number of anilines is 2. The van der Waals surface area contributed by atoms with Gasteiger partial charge >= 0.3 is 18.2 Å². The minimum absolute atomic E-state index is 0.0876. The van der Waals surface area contributed by atoms with Crippen molar-refractivity contribution in [2.75, 3.05) is 92.2 Å². The van der Waals surface area contributed by atoms with Crippen molar-refractivity contribution in [3.05, 3.63) is 25.3 Å². The number of nitrogens with zero attached hydrogens (tertiary/aromatic N) is 10. The summed E-state index contributed by atoms with van der Waals surface area (Å²) in [4.78, 5) is 48.2. The molecule has 4 aromatic rings. The normalized spacial score (nSPS) is 12.3. The summed E-state index contributed by atoms with van der Waals surface area (Å²) in [5.41, 5.74) is 2.27. The fourth-order valence-electron chi connectivity index (χ4n) is 5.20. The van der Waals surface area contributed by atoms with Gasteiger partial charge < -0.3 is 44.1 Å². The van der Waals surface area contributed by atoms with Gasteiger partial charge in [0.05, 0.1) is 68.0 Å². The van der Waals surface area contributed by atoms with Gasteiger partial charge in [-0.1, -0.05) is 0 Å². The Labute approximate surface area is 320 Å². The zero-order chi connectivity index (χ0) is 40.9. The average molecular weight is 781 g/mol. The zero-order valence-electron chi connectivity index (χ0n) is 33.6. The molecular formula is C35H59F3N14O3+2. The molecular weight excluding hydrogens is 721 g/mol. The van der Waals surface area contributed by atoms with Crippen molar-refractivity contribution in [1.82, 2.24) is 49.7 Å². The summed E-state index contributed by atoms with van der Waals surface area (Å²) >= 11 is 0. The molecule has 0 spiro atoms. The standard InChI is InChI=1S/C19H33N7O2.C16H24F3N7O/c1-19(2,3)28-18(27)21-10-9-20-16-15-17(23-13-22-16)25(14-24-15)11-7-8-12-26(4,5)6;1-26(2,3)9-5-4-8-25-11-24-12-13(22-10-23-14(12)25)20-6-7-21-15(27)16(17,18)19/h13-14H,7-12H2,1-6H3,(H-,20,21,22,23,27);10-11H,4-9H2,1-3H3,(H-,20,21,22,23,27)/p+2. The number of amides is 2. The molecule has 4 rings (SSSR count). The van der Waals surface area contributed by atoms with Crippen LogP contribution >= 0.6 is 0 Å². The SMILES string of the molecule is CC(C)(C)OC(=O)NCCNc1ncnc2c1ncn2CCCC[N+](C)(C)C.C[N+](C)(C)CCCCn1cnc2c(NCCNC(=O)C(F)(F)F)ncnc21. The van der Waals surface area contributed by atoms with Crippen molar-refractivity contribution >= 4 is 46.0 Å². The number of carbonyl (C=O) groups is 2. The van der Waals surface area contributed by atoms with E-state index in [1.165, 1.54) is 12.7 Å². The third-order valence-corrected chi connectivity index (χ3v) is 7.80. The number of hydrogen-bond acceptors (Lipinski definition) is 11. The molecule has 0 aromatic carbocycles. The third kappa shape index (κ3) is 16.2. The highest BCUT2D eigenvalue weighted by molar-refractivity contribution is 5.83. The van der Waals surface area contributed by atoms with Crippen LogP contribution in [-0.2, 0) is 22.6 Å². The summed E-state index contributed by atoms with van der Waals surface area (Å²) < 4.78 is 47.5. The van der Waals surface area contributed by atoms with Crippen LogP contribution in [0.1, 0.15) is 46.5 Å². The molecule has 20 heteroatoms. The van der Waals surface area contributed by atoms with Crippen molar-refractivity contribution < 1.29 is 36.5 Å². The fourth-order valence-corrected chi connectivity index (χ4v) is 5.20. The maximum atomic E-state index is 12.1. The Morgan fingerprint density at radius 1 is 0.655 bits per heavy atom. The number of nitrogens with one attached hydrogen (secondary N) is 4. The molecule has 4 N–H and O–H groups in total. The lowest BCUT2D eigenvalue weighted by Crippen LogP contribution is -2.39. The number of alkyl halides is 3. The Morgan fingerprint density at radius 3 is 1.49 bits per heavy atom. The lowest BCUT2D eigenvalue weighted by molar-refractivity contribution is -0.870. The molecule has 0 aliphatic heterocycles. The summed E-state index contributed by atoms with van der Waals surface area (Å²) in [5, 5.41) is 10.6. The Hall–Kier alpha value is -4.85. The molecule has 306 valence electrons. The maximum Gasteiger partial charge on any atom is 0.471 e. The number of ether oxygens (including phenoxy) is 1. The van der Waals surface area contributed by atoms with Gasteiger partial charge in [-0.15, -0.1) is 0 Å². The summed E-state index contributed by atoms with van der Waals surface area (Å²) in [5.74, 6) is -0.872. The molecule has 0 saturated carbocycles. The first-order valence-corrected chi connectivity index (χ1v) is 18.4. The topological polar surface area (TPSA) is 179 Å². The number of aromatic nitrogens is 8. The summed E-state index contributed by atoms with van der Waals surface area (Å²) in [6.07, 6.45) is 5.38. The number of carbonyl (C=O) groups excluding carboxylic acids is 2. The van der Waals surface area contributed by atoms with Crippen molar-refractivity contribution in [3.63, 3.8) is 0 Å². The second kappa shape index (κ2) is 19.7. The van der Waals surface area contributed by atoms with E-state index in [2.05, 4.69) is 92.7 Å². The molecule has 0 aliphatic carbocycles. The summed E-state index contributed by atoms with van der Waals surface area (Å²) in [6, 6.07) is 0. The molecule has 4 heterocycles. The van der Waals surface area contributed by atoms with Crippen LogP contribution in [0, 0.1) is 0 Å². The molecule has 4 aromatic heterocycles. The largest absolute Gasteiger partial charge is 0.471 e. The predicted octanol–water partition coefficient (Wildman–Crippen LogP) is 3.65. The molecule has 0 saturated heterocycles. The minimum atomic E-state index is -4.88. The second-order valence-electron chi connectivity index (χ2n) is 16.1. The zero-order valence-corrected chi connectivity index (χ0v) is 33.6. The van der Waals surface area contributed by atoms with E-state index in [-0.39, 0.29) is 13.1 Å². The van der Waals surface area contributed by atoms with Crippen LogP contribution in [0.2, 0.25) is 0 Å². The van der Waals surface area contributed by atoms with Crippen molar-refractivity contribution in [2.45, 2.75) is 71.3 Å². The molecule has 0 unspecified atom stereocenters. The quantitative estimate of drug-likeness (QED) is 0.0856. The Bertz CT molecular complexity index is 1810. The summed E-state index contributed by atoms with van der Waals surface area (Å²) in [6.45, 7) is 10.2. The van der Waals surface area contributed by atoms with Crippen LogP contribution < -0.4 is 21.3 Å². The van der Waals surface area contributed by atoms with E-state index in [4.69, 9.17) is 4.74 Å². The van der Waals surface area contributed by atoms with Crippen LogP contribution in [0.15, 0.2) is 25.3 Å². The first-order valence-electron chi connectivity index (χ1n) is 18.4. The second-order valence-corrected chi connectivity index (χ2v) is 16.1. The molecule has 0 aliphatic rings. The van der Waals surface area contributed by atoms with Crippen molar-refractivity contribution in [2.24, 2.45) is 0 Å². The van der Waals surface area contributed by atoms with E-state index in [1.54, 1.807) is 11.6 Å². The van der Waals surface area contributed by atoms with Gasteiger partial charge in [0.1, 0.15) is 29.3 Å². The number of unbranched alkanes of at least 4 members (excludes halogenated alkanes) is 2. The first-order chi connectivity index (χ1) is 25.6. The molecule has 0 bridgehead atoms. The van der Waals surface area contributed by atoms with Crippen LogP contribution in [0.5, 0.6) is 0 Å². The van der Waals surface area contributed by atoms with Gasteiger partial charge in [-0.25, -0.2) is 34.7 Å². The van der Waals surface area contributed by atoms with E-state index in [9.17, 15) is 22.8 Å². The van der Waals surface area contributed by atoms with E-state index in [0.717, 1.165) is 72.0 Å². The number of fused-ring (bicyclic) bond motifs is 2. The third-order valence-electron chi connectivity index (χ3n) is 7.80. The first kappa shape index (κ1) is 44.5. The van der Waals surface area contributed by atoms with Gasteiger partial charge in [-0.3, -0.25) is 4.79 Å². The van der Waals surface area contributed by atoms with Gasteiger partial charge in [0, 0.05) is 39.3 Å². The Morgan fingerprint density at radius 2 is 1.09 bits per heavy atom. The van der Waals surface area contributed by atoms with Gasteiger partial charge in [0.25, 0.3) is 0 Å². The van der Waals surface area contributed by atoms with Gasteiger partial charge in [0.15, 0.2) is 22.9 Å². The van der Waals surface area contributed by atoms with E-state index in [0.29, 0.717) is 35.9 Å². The highest BCUT2D eigenvalue weighted by Gasteiger charge is 2.38. The lowest BCUT2D eigenvalue weighted by atomic mass is 10.2. The van der Waals surface area contributed by atoms with E-state index >= 15 is 0 Å². The Kier molecular flexibility index (Phi) is 15.9. The predicted molar refractivity (Wildman–Crippen MR) is 205 cm³/mol. The number of quaternary nitrogens is 2. The van der Waals surface area contributed by atoms with Crippen LogP contribution in [0.3, 0.4) is 0 Å². The molecule has 17 nitrogen and oxygen atoms in total. The van der Waals surface area contributed by atoms with Crippen LogP contribution in [0.25, 0.3) is 22.3 Å². The number of alkyl carbamates (subject to hydrolysis) is 1. The van der Waals surface area contributed by atoms with Crippen LogP contribution in [-0.4, -0.2) is 153 Å². The molecule has 55 heavy (non-hydrogen) atoms. The van der Waals surface area contributed by atoms with E-state index < -0.39 is 23.8 Å². The number of aryl methyl sites for hydroxylation is 2. The highest BCUT2D eigenvalue weighted by atomic mass is 19.4. The van der Waals surface area contributed by atoms with E-state index in [1.807, 2.05) is 31.7 Å². The molecule has 0 atom stereocenters. The lowest BCUT2D eigenvalue weighted by Gasteiger charge is -2.23.